The van der Waals surface area contributed by atoms with Crippen LogP contribution in [0.15, 0.2) is 47.8 Å². The number of imidazole rings is 1. The number of nitrogens with zero attached hydrogens (tertiary/aromatic N) is 4. The van der Waals surface area contributed by atoms with Gasteiger partial charge < -0.3 is 15.2 Å². The molecule has 148 valence electrons. The monoisotopic (exact) mass is 396 g/mol. The highest BCUT2D eigenvalue weighted by Gasteiger charge is 2.04. The molecule has 0 aliphatic heterocycles. The van der Waals surface area contributed by atoms with Crippen molar-refractivity contribution in [2.75, 3.05) is 13.6 Å². The van der Waals surface area contributed by atoms with Crippen molar-refractivity contribution >= 4 is 17.3 Å². The second kappa shape index (κ2) is 10.0. The quantitative estimate of drug-likeness (QED) is 0.453. The van der Waals surface area contributed by atoms with Crippen molar-refractivity contribution in [2.24, 2.45) is 4.99 Å². The number of rotatable bonds is 8. The van der Waals surface area contributed by atoms with E-state index in [2.05, 4.69) is 61.4 Å². The average molecular weight is 397 g/mol. The second-order valence-electron chi connectivity index (χ2n) is 6.60. The Morgan fingerprint density at radius 3 is 2.79 bits per heavy atom. The highest BCUT2D eigenvalue weighted by molar-refractivity contribution is 7.11. The lowest BCUT2D eigenvalue weighted by Gasteiger charge is -2.12. The summed E-state index contributed by atoms with van der Waals surface area (Å²) in [5.41, 5.74) is 2.49. The molecule has 2 aromatic heterocycles. The zero-order chi connectivity index (χ0) is 19.8. The third kappa shape index (κ3) is 5.66. The van der Waals surface area contributed by atoms with Crippen molar-refractivity contribution in [3.8, 4) is 0 Å². The van der Waals surface area contributed by atoms with Gasteiger partial charge in [0.05, 0.1) is 5.01 Å². The summed E-state index contributed by atoms with van der Waals surface area (Å²) in [6.07, 6.45) is 7.79. The van der Waals surface area contributed by atoms with Crippen LogP contribution in [0.3, 0.4) is 0 Å². The van der Waals surface area contributed by atoms with E-state index < -0.39 is 0 Å². The molecular weight excluding hydrogens is 368 g/mol. The number of hydrogen-bond donors (Lipinski definition) is 2. The zero-order valence-corrected chi connectivity index (χ0v) is 17.6. The largest absolute Gasteiger partial charge is 0.356 e. The van der Waals surface area contributed by atoms with Gasteiger partial charge in [0.1, 0.15) is 5.82 Å². The van der Waals surface area contributed by atoms with Crippen molar-refractivity contribution in [1.82, 2.24) is 25.2 Å². The van der Waals surface area contributed by atoms with Crippen LogP contribution in [0.5, 0.6) is 0 Å². The molecule has 0 aliphatic rings. The normalized spacial score (nSPS) is 11.6. The van der Waals surface area contributed by atoms with Gasteiger partial charge >= 0.3 is 0 Å². The predicted molar refractivity (Wildman–Crippen MR) is 116 cm³/mol. The molecule has 0 atom stereocenters. The smallest absolute Gasteiger partial charge is 0.191 e. The van der Waals surface area contributed by atoms with E-state index in [9.17, 15) is 0 Å². The lowest BCUT2D eigenvalue weighted by atomic mass is 10.1. The molecule has 0 aliphatic carbocycles. The summed E-state index contributed by atoms with van der Waals surface area (Å²) in [6, 6.07) is 8.60. The van der Waals surface area contributed by atoms with E-state index in [-0.39, 0.29) is 0 Å². The Morgan fingerprint density at radius 1 is 1.21 bits per heavy atom. The lowest BCUT2D eigenvalue weighted by Crippen LogP contribution is -2.37. The maximum absolute atomic E-state index is 4.46. The minimum Gasteiger partial charge on any atom is -0.356 e. The van der Waals surface area contributed by atoms with E-state index in [1.165, 1.54) is 21.0 Å². The van der Waals surface area contributed by atoms with E-state index in [0.717, 1.165) is 44.3 Å². The summed E-state index contributed by atoms with van der Waals surface area (Å²) < 4.78 is 2.15. The minimum absolute atomic E-state index is 0.730. The lowest BCUT2D eigenvalue weighted by molar-refractivity contribution is 0.757. The van der Waals surface area contributed by atoms with Crippen LogP contribution in [0.25, 0.3) is 0 Å². The molecule has 3 aromatic rings. The number of hydrogen-bond acceptors (Lipinski definition) is 4. The first kappa shape index (κ1) is 20.1. The fourth-order valence-corrected chi connectivity index (χ4v) is 3.79. The number of aryl methyl sites for hydroxylation is 2. The molecule has 0 unspecified atom stereocenters. The van der Waals surface area contributed by atoms with Crippen LogP contribution in [0, 0.1) is 6.92 Å². The molecule has 0 spiro atoms. The van der Waals surface area contributed by atoms with Crippen LogP contribution in [0.1, 0.15) is 33.8 Å². The summed E-state index contributed by atoms with van der Waals surface area (Å²) in [5.74, 6) is 1.84. The van der Waals surface area contributed by atoms with Crippen LogP contribution in [0.4, 0.5) is 0 Å². The molecule has 6 nitrogen and oxygen atoms in total. The zero-order valence-electron chi connectivity index (χ0n) is 16.8. The Labute approximate surface area is 170 Å². The van der Waals surface area contributed by atoms with Gasteiger partial charge in [-0.05, 0) is 24.5 Å². The summed E-state index contributed by atoms with van der Waals surface area (Å²) in [5, 5.41) is 7.92. The summed E-state index contributed by atoms with van der Waals surface area (Å²) in [7, 11) is 1.80. The van der Waals surface area contributed by atoms with Gasteiger partial charge in [0.25, 0.3) is 0 Å². The van der Waals surface area contributed by atoms with Gasteiger partial charge in [-0.3, -0.25) is 4.99 Å². The highest BCUT2D eigenvalue weighted by Crippen LogP contribution is 2.13. The third-order valence-corrected chi connectivity index (χ3v) is 5.73. The molecule has 2 N–H and O–H groups in total. The van der Waals surface area contributed by atoms with Crippen molar-refractivity contribution in [3.63, 3.8) is 0 Å². The fourth-order valence-electron chi connectivity index (χ4n) is 2.93. The topological polar surface area (TPSA) is 67.1 Å². The number of thiazole rings is 1. The second-order valence-corrected chi connectivity index (χ2v) is 7.80. The van der Waals surface area contributed by atoms with Crippen molar-refractivity contribution < 1.29 is 0 Å². The fraction of sp³-hybridized carbons (Fsp3) is 0.381. The van der Waals surface area contributed by atoms with Crippen molar-refractivity contribution in [3.05, 3.63) is 69.7 Å². The van der Waals surface area contributed by atoms with Gasteiger partial charge in [0.15, 0.2) is 5.96 Å². The molecule has 1 aromatic carbocycles. The van der Waals surface area contributed by atoms with Crippen molar-refractivity contribution in [2.45, 2.75) is 39.8 Å². The number of aliphatic imine (C=N–C) groups is 1. The van der Waals surface area contributed by atoms with Crippen LogP contribution in [0.2, 0.25) is 0 Å². The SMILES string of the molecule is CCc1cnc(CCNC(=NC)NCc2cccc(Cn3ccnc3C)c2)s1. The third-order valence-electron chi connectivity index (χ3n) is 4.53. The maximum atomic E-state index is 4.46. The van der Waals surface area contributed by atoms with Gasteiger partial charge in [0, 0.05) is 56.6 Å². The van der Waals surface area contributed by atoms with Gasteiger partial charge in [-0.1, -0.05) is 31.2 Å². The number of benzene rings is 1. The Kier molecular flexibility index (Phi) is 7.19. The number of nitrogens with one attached hydrogen (secondary N) is 2. The highest BCUT2D eigenvalue weighted by atomic mass is 32.1. The molecule has 0 bridgehead atoms. The molecule has 0 radical (unpaired) electrons. The molecular formula is C21H28N6S. The van der Waals surface area contributed by atoms with Gasteiger partial charge in [0.2, 0.25) is 0 Å². The van der Waals surface area contributed by atoms with Crippen LogP contribution < -0.4 is 10.6 Å². The van der Waals surface area contributed by atoms with E-state index in [1.807, 2.05) is 25.5 Å². The minimum atomic E-state index is 0.730. The molecule has 0 amide bonds. The number of aromatic nitrogens is 3. The Bertz CT molecular complexity index is 911. The summed E-state index contributed by atoms with van der Waals surface area (Å²) in [6.45, 7) is 6.56. The standard InChI is InChI=1S/C21H28N6S/c1-4-19-14-25-20(28-19)8-9-24-21(22-3)26-13-17-6-5-7-18(12-17)15-27-11-10-23-16(27)2/h5-7,10-12,14H,4,8-9,13,15H2,1-3H3,(H2,22,24,26). The molecule has 7 heteroatoms. The van der Waals surface area contributed by atoms with E-state index >= 15 is 0 Å². The molecule has 28 heavy (non-hydrogen) atoms. The molecule has 2 heterocycles. The Balaban J connectivity index is 1.48. The van der Waals surface area contributed by atoms with E-state index in [1.54, 1.807) is 18.4 Å². The first-order chi connectivity index (χ1) is 13.7. The number of guanidine groups is 1. The summed E-state index contributed by atoms with van der Waals surface area (Å²) >= 11 is 1.79. The molecule has 0 fully saturated rings. The maximum Gasteiger partial charge on any atom is 0.191 e. The molecule has 0 saturated heterocycles. The van der Waals surface area contributed by atoms with E-state index in [0.29, 0.717) is 0 Å². The van der Waals surface area contributed by atoms with Crippen LogP contribution in [-0.2, 0) is 25.9 Å². The van der Waals surface area contributed by atoms with Crippen molar-refractivity contribution in [1.29, 1.82) is 0 Å². The van der Waals surface area contributed by atoms with Gasteiger partial charge in [-0.25, -0.2) is 9.97 Å². The molecule has 3 rings (SSSR count). The predicted octanol–water partition coefficient (Wildman–Crippen LogP) is 3.17. The van der Waals surface area contributed by atoms with Gasteiger partial charge in [-0.15, -0.1) is 11.3 Å². The molecule has 0 saturated carbocycles. The van der Waals surface area contributed by atoms with Crippen LogP contribution in [-0.4, -0.2) is 34.1 Å². The first-order valence-electron chi connectivity index (χ1n) is 9.61. The first-order valence-corrected chi connectivity index (χ1v) is 10.4. The van der Waals surface area contributed by atoms with Gasteiger partial charge in [-0.2, -0.15) is 0 Å². The Morgan fingerprint density at radius 2 is 2.07 bits per heavy atom. The van der Waals surface area contributed by atoms with E-state index in [4.69, 9.17) is 0 Å². The Hall–Kier alpha value is -2.67. The van der Waals surface area contributed by atoms with Crippen LogP contribution >= 0.6 is 11.3 Å². The average Bonchev–Trinajstić information content (AvgIpc) is 3.34. The summed E-state index contributed by atoms with van der Waals surface area (Å²) in [4.78, 5) is 14.4.